The molecule has 0 aliphatic heterocycles. The number of esters is 1. The standard InChI is InChI=1S/C34H39NO7S/c1-4-35(20-6-5-7-22-40-25(2)36)21-23-41-29-12-14-30(15-13-29)42-34-32(18-10-27-24-28(37)11-19-33(27)34)26-8-16-31(17-9-26)43(3,38)39/h8-19,24,37H,4-7,20-23H2,1-3H3. The first-order chi connectivity index (χ1) is 20.6. The van der Waals surface area contributed by atoms with E-state index in [0.717, 1.165) is 66.5 Å². The second-order valence-electron chi connectivity index (χ2n) is 10.4. The lowest BCUT2D eigenvalue weighted by Gasteiger charge is -2.20. The van der Waals surface area contributed by atoms with Crippen LogP contribution in [0.4, 0.5) is 0 Å². The van der Waals surface area contributed by atoms with E-state index >= 15 is 0 Å². The molecule has 0 radical (unpaired) electrons. The highest BCUT2D eigenvalue weighted by atomic mass is 32.2. The highest BCUT2D eigenvalue weighted by Gasteiger charge is 2.15. The minimum atomic E-state index is -3.31. The topological polar surface area (TPSA) is 102 Å². The molecular formula is C34H39NO7S. The summed E-state index contributed by atoms with van der Waals surface area (Å²) in [4.78, 5) is 13.4. The molecule has 4 aromatic rings. The lowest BCUT2D eigenvalue weighted by atomic mass is 9.99. The van der Waals surface area contributed by atoms with Crippen LogP contribution in [-0.4, -0.2) is 63.5 Å². The molecule has 0 atom stereocenters. The molecule has 8 nitrogen and oxygen atoms in total. The molecule has 0 spiro atoms. The van der Waals surface area contributed by atoms with Crippen molar-refractivity contribution in [2.45, 2.75) is 38.0 Å². The van der Waals surface area contributed by atoms with Gasteiger partial charge in [-0.2, -0.15) is 0 Å². The summed E-state index contributed by atoms with van der Waals surface area (Å²) < 4.78 is 41.3. The minimum absolute atomic E-state index is 0.158. The van der Waals surface area contributed by atoms with Gasteiger partial charge >= 0.3 is 5.97 Å². The zero-order chi connectivity index (χ0) is 30.8. The maximum Gasteiger partial charge on any atom is 0.302 e. The maximum atomic E-state index is 12.0. The third-order valence-electron chi connectivity index (χ3n) is 7.14. The van der Waals surface area contributed by atoms with Crippen molar-refractivity contribution in [1.29, 1.82) is 0 Å². The molecule has 0 aromatic heterocycles. The predicted molar refractivity (Wildman–Crippen MR) is 169 cm³/mol. The van der Waals surface area contributed by atoms with E-state index in [0.29, 0.717) is 24.7 Å². The number of fused-ring (bicyclic) bond motifs is 1. The Labute approximate surface area is 253 Å². The zero-order valence-corrected chi connectivity index (χ0v) is 25.7. The second-order valence-corrected chi connectivity index (χ2v) is 12.4. The van der Waals surface area contributed by atoms with Gasteiger partial charge in [0.15, 0.2) is 9.84 Å². The number of aromatic hydroxyl groups is 1. The van der Waals surface area contributed by atoms with Crippen molar-refractivity contribution in [3.05, 3.63) is 78.9 Å². The summed E-state index contributed by atoms with van der Waals surface area (Å²) in [6.07, 6.45) is 4.11. The van der Waals surface area contributed by atoms with Gasteiger partial charge in [-0.25, -0.2) is 8.42 Å². The van der Waals surface area contributed by atoms with Crippen molar-refractivity contribution < 1.29 is 32.5 Å². The molecule has 0 saturated carbocycles. The molecule has 4 rings (SSSR count). The monoisotopic (exact) mass is 605 g/mol. The van der Waals surface area contributed by atoms with Gasteiger partial charge in [0.1, 0.15) is 29.6 Å². The average Bonchev–Trinajstić information content (AvgIpc) is 2.98. The van der Waals surface area contributed by atoms with E-state index in [1.807, 2.05) is 42.5 Å². The summed E-state index contributed by atoms with van der Waals surface area (Å²) in [6.45, 7) is 7.31. The van der Waals surface area contributed by atoms with Crippen molar-refractivity contribution in [2.24, 2.45) is 0 Å². The molecule has 0 bridgehead atoms. The highest BCUT2D eigenvalue weighted by molar-refractivity contribution is 7.90. The predicted octanol–water partition coefficient (Wildman–Crippen LogP) is 6.84. The Hall–Kier alpha value is -4.08. The lowest BCUT2D eigenvalue weighted by Crippen LogP contribution is -2.29. The van der Waals surface area contributed by atoms with E-state index in [1.165, 1.54) is 13.2 Å². The fourth-order valence-electron chi connectivity index (χ4n) is 4.78. The number of hydrogen-bond acceptors (Lipinski definition) is 8. The number of unbranched alkanes of at least 4 members (excludes halogenated alkanes) is 2. The first kappa shape index (κ1) is 31.8. The molecule has 0 heterocycles. The quantitative estimate of drug-likeness (QED) is 0.116. The molecule has 0 unspecified atom stereocenters. The van der Waals surface area contributed by atoms with E-state index in [-0.39, 0.29) is 16.6 Å². The summed E-state index contributed by atoms with van der Waals surface area (Å²) >= 11 is 0. The van der Waals surface area contributed by atoms with Crippen molar-refractivity contribution in [3.63, 3.8) is 0 Å². The van der Waals surface area contributed by atoms with Gasteiger partial charge in [-0.1, -0.05) is 25.1 Å². The van der Waals surface area contributed by atoms with E-state index in [4.69, 9.17) is 14.2 Å². The van der Waals surface area contributed by atoms with Crippen molar-refractivity contribution in [1.82, 2.24) is 4.90 Å². The molecule has 9 heteroatoms. The minimum Gasteiger partial charge on any atom is -0.508 e. The number of nitrogens with zero attached hydrogens (tertiary/aromatic N) is 1. The Kier molecular flexibility index (Phi) is 11.0. The number of hydrogen-bond donors (Lipinski definition) is 1. The van der Waals surface area contributed by atoms with Crippen LogP contribution in [0.15, 0.2) is 83.8 Å². The molecule has 0 amide bonds. The van der Waals surface area contributed by atoms with Gasteiger partial charge in [0.25, 0.3) is 0 Å². The van der Waals surface area contributed by atoms with Crippen molar-refractivity contribution in [2.75, 3.05) is 39.1 Å². The highest BCUT2D eigenvalue weighted by Crippen LogP contribution is 2.41. The Morgan fingerprint density at radius 1 is 0.837 bits per heavy atom. The Morgan fingerprint density at radius 2 is 1.56 bits per heavy atom. The van der Waals surface area contributed by atoms with Crippen LogP contribution >= 0.6 is 0 Å². The molecule has 1 N–H and O–H groups in total. The average molecular weight is 606 g/mol. The summed E-state index contributed by atoms with van der Waals surface area (Å²) in [7, 11) is -3.31. The molecular weight excluding hydrogens is 566 g/mol. The first-order valence-electron chi connectivity index (χ1n) is 14.5. The van der Waals surface area contributed by atoms with Crippen LogP contribution in [0.2, 0.25) is 0 Å². The number of ether oxygens (including phenoxy) is 3. The van der Waals surface area contributed by atoms with E-state index in [2.05, 4.69) is 11.8 Å². The van der Waals surface area contributed by atoms with E-state index < -0.39 is 9.84 Å². The Morgan fingerprint density at radius 3 is 2.23 bits per heavy atom. The van der Waals surface area contributed by atoms with Crippen molar-refractivity contribution in [3.8, 4) is 34.1 Å². The van der Waals surface area contributed by atoms with Gasteiger partial charge in [0.05, 0.1) is 11.5 Å². The number of carbonyl (C=O) groups is 1. The molecule has 0 aliphatic rings. The molecule has 0 saturated heterocycles. The van der Waals surface area contributed by atoms with Gasteiger partial charge in [0.2, 0.25) is 0 Å². The van der Waals surface area contributed by atoms with Crippen LogP contribution in [0, 0.1) is 0 Å². The van der Waals surface area contributed by atoms with Gasteiger partial charge in [-0.3, -0.25) is 4.79 Å². The van der Waals surface area contributed by atoms with E-state index in [9.17, 15) is 18.3 Å². The van der Waals surface area contributed by atoms with Crippen LogP contribution < -0.4 is 9.47 Å². The molecule has 0 aliphatic carbocycles. The number of phenols is 1. The van der Waals surface area contributed by atoms with Gasteiger partial charge in [-0.15, -0.1) is 0 Å². The third kappa shape index (κ3) is 9.20. The number of carbonyl (C=O) groups excluding carboxylic acids is 1. The number of likely N-dealkylation sites (N-methyl/N-ethyl adjacent to an activating group) is 1. The van der Waals surface area contributed by atoms with Crippen molar-refractivity contribution >= 4 is 26.6 Å². The summed E-state index contributed by atoms with van der Waals surface area (Å²) in [5.41, 5.74) is 1.60. The number of phenolic OH excluding ortho intramolecular Hbond substituents is 1. The van der Waals surface area contributed by atoms with Crippen LogP contribution in [0.1, 0.15) is 33.1 Å². The summed E-state index contributed by atoms with van der Waals surface area (Å²) in [5.74, 6) is 1.89. The Bertz CT molecular complexity index is 1620. The molecule has 4 aromatic carbocycles. The van der Waals surface area contributed by atoms with Crippen LogP contribution in [-0.2, 0) is 19.4 Å². The van der Waals surface area contributed by atoms with Crippen LogP contribution in [0.5, 0.6) is 23.0 Å². The summed E-state index contributed by atoms with van der Waals surface area (Å²) in [5, 5.41) is 11.6. The Balaban J connectivity index is 1.41. The molecule has 0 fully saturated rings. The first-order valence-corrected chi connectivity index (χ1v) is 16.4. The molecule has 228 valence electrons. The smallest absolute Gasteiger partial charge is 0.302 e. The zero-order valence-electron chi connectivity index (χ0n) is 24.9. The second kappa shape index (κ2) is 14.9. The van der Waals surface area contributed by atoms with Gasteiger partial charge in [0, 0.05) is 30.7 Å². The van der Waals surface area contributed by atoms with Crippen LogP contribution in [0.25, 0.3) is 21.9 Å². The van der Waals surface area contributed by atoms with E-state index in [1.54, 1.807) is 36.4 Å². The lowest BCUT2D eigenvalue weighted by molar-refractivity contribution is -0.141. The largest absolute Gasteiger partial charge is 0.508 e. The fraction of sp³-hybridized carbons (Fsp3) is 0.324. The number of rotatable bonds is 15. The number of sulfone groups is 1. The normalized spacial score (nSPS) is 11.5. The molecule has 43 heavy (non-hydrogen) atoms. The van der Waals surface area contributed by atoms with Gasteiger partial charge < -0.3 is 24.2 Å². The van der Waals surface area contributed by atoms with Gasteiger partial charge in [-0.05, 0) is 104 Å². The number of benzene rings is 4. The summed E-state index contributed by atoms with van der Waals surface area (Å²) in [6, 6.07) is 23.1. The maximum absolute atomic E-state index is 12.0. The third-order valence-corrected chi connectivity index (χ3v) is 8.27. The SMILES string of the molecule is CCN(CCCCCOC(C)=O)CCOc1ccc(Oc2c(-c3ccc(S(C)(=O)=O)cc3)ccc3cc(O)ccc23)cc1. The van der Waals surface area contributed by atoms with Crippen LogP contribution in [0.3, 0.4) is 0 Å². The fourth-order valence-corrected chi connectivity index (χ4v) is 5.41.